The highest BCUT2D eigenvalue weighted by Gasteiger charge is 2.23. The molecule has 0 unspecified atom stereocenters. The van der Waals surface area contributed by atoms with Gasteiger partial charge in [0.05, 0.1) is 16.3 Å². The molecule has 0 aliphatic carbocycles. The number of fused-ring (bicyclic) bond motifs is 1. The summed E-state index contributed by atoms with van der Waals surface area (Å²) in [5.41, 5.74) is 3.00. The van der Waals surface area contributed by atoms with E-state index in [4.69, 9.17) is 0 Å². The first kappa shape index (κ1) is 17.8. The van der Waals surface area contributed by atoms with Gasteiger partial charge in [0.15, 0.2) is 0 Å². The maximum Gasteiger partial charge on any atom is 0.261 e. The molecule has 0 fully saturated rings. The fourth-order valence-corrected chi connectivity index (χ4v) is 4.67. The number of thioether (sulfide) groups is 1. The molecule has 25 heavy (non-hydrogen) atoms. The van der Waals surface area contributed by atoms with Crippen LogP contribution in [0, 0.1) is 19.8 Å². The number of carbonyl (C=O) groups excluding carboxylic acids is 1. The topological polar surface area (TPSA) is 75.3 Å². The monoisotopic (exact) mass is 376 g/mol. The van der Waals surface area contributed by atoms with Gasteiger partial charge in [-0.05, 0) is 49.2 Å². The van der Waals surface area contributed by atoms with Crippen LogP contribution >= 0.6 is 11.8 Å². The van der Waals surface area contributed by atoms with Gasteiger partial charge in [-0.2, -0.15) is 0 Å². The van der Waals surface area contributed by atoms with E-state index in [9.17, 15) is 13.2 Å². The summed E-state index contributed by atoms with van der Waals surface area (Å²) >= 11 is 1.55. The molecule has 0 aromatic heterocycles. The van der Waals surface area contributed by atoms with Crippen LogP contribution in [-0.2, 0) is 14.8 Å². The second-order valence-electron chi connectivity index (χ2n) is 6.21. The summed E-state index contributed by atoms with van der Waals surface area (Å²) in [4.78, 5) is 13.0. The summed E-state index contributed by atoms with van der Waals surface area (Å²) in [7, 11) is -3.74. The number of amides is 1. The fourth-order valence-electron chi connectivity index (χ4n) is 2.51. The molecule has 1 aliphatic heterocycles. The number of hydrogen-bond donors (Lipinski definition) is 2. The van der Waals surface area contributed by atoms with Crippen molar-refractivity contribution in [3.05, 3.63) is 47.5 Å². The smallest absolute Gasteiger partial charge is 0.261 e. The highest BCUT2D eigenvalue weighted by Crippen LogP contribution is 2.34. The van der Waals surface area contributed by atoms with Crippen LogP contribution in [0.25, 0.3) is 0 Å². The minimum atomic E-state index is -3.74. The lowest BCUT2D eigenvalue weighted by atomic mass is 10.1. The van der Waals surface area contributed by atoms with Crippen LogP contribution in [0.5, 0.6) is 0 Å². The Morgan fingerprint density at radius 1 is 1.20 bits per heavy atom. The predicted molar refractivity (Wildman–Crippen MR) is 102 cm³/mol. The largest absolute Gasteiger partial charge is 0.325 e. The van der Waals surface area contributed by atoms with Crippen molar-refractivity contribution in [3.63, 3.8) is 0 Å². The SMILES string of the molecule is Cc1cccc(NS(=O)(=O)c2ccc3c(c2)NC(=O)[C@@H](C)CS3)c1C. The van der Waals surface area contributed by atoms with E-state index in [1.165, 1.54) is 6.07 Å². The maximum absolute atomic E-state index is 12.8. The molecule has 2 N–H and O–H groups in total. The third-order valence-corrected chi connectivity index (χ3v) is 7.00. The average Bonchev–Trinajstić information content (AvgIpc) is 2.70. The van der Waals surface area contributed by atoms with Gasteiger partial charge in [0.1, 0.15) is 0 Å². The average molecular weight is 377 g/mol. The van der Waals surface area contributed by atoms with Crippen LogP contribution in [0.15, 0.2) is 46.2 Å². The van der Waals surface area contributed by atoms with E-state index in [0.717, 1.165) is 16.0 Å². The van der Waals surface area contributed by atoms with Crippen molar-refractivity contribution < 1.29 is 13.2 Å². The minimum absolute atomic E-state index is 0.0942. The fraction of sp³-hybridized carbons (Fsp3) is 0.278. The Kier molecular flexibility index (Phi) is 4.79. The van der Waals surface area contributed by atoms with Gasteiger partial charge in [-0.25, -0.2) is 8.42 Å². The molecule has 1 heterocycles. The third kappa shape index (κ3) is 3.67. The van der Waals surface area contributed by atoms with Gasteiger partial charge < -0.3 is 5.32 Å². The normalized spacial score (nSPS) is 17.4. The number of hydrogen-bond acceptors (Lipinski definition) is 4. The van der Waals surface area contributed by atoms with Crippen LogP contribution in [0.4, 0.5) is 11.4 Å². The Labute approximate surface area is 152 Å². The van der Waals surface area contributed by atoms with E-state index in [1.54, 1.807) is 30.0 Å². The summed E-state index contributed by atoms with van der Waals surface area (Å²) in [5.74, 6) is 0.458. The highest BCUT2D eigenvalue weighted by atomic mass is 32.2. The number of benzene rings is 2. The van der Waals surface area contributed by atoms with Crippen LogP contribution in [0.2, 0.25) is 0 Å². The molecule has 0 bridgehead atoms. The van der Waals surface area contributed by atoms with E-state index < -0.39 is 10.0 Å². The molecule has 5 nitrogen and oxygen atoms in total. The molecular weight excluding hydrogens is 356 g/mol. The van der Waals surface area contributed by atoms with Crippen molar-refractivity contribution >= 4 is 39.1 Å². The van der Waals surface area contributed by atoms with Gasteiger partial charge in [0.2, 0.25) is 5.91 Å². The first-order valence-electron chi connectivity index (χ1n) is 7.94. The van der Waals surface area contributed by atoms with E-state index in [-0.39, 0.29) is 16.7 Å². The van der Waals surface area contributed by atoms with Crippen molar-refractivity contribution in [3.8, 4) is 0 Å². The Hall–Kier alpha value is -1.99. The zero-order valence-electron chi connectivity index (χ0n) is 14.3. The molecule has 2 aromatic rings. The first-order chi connectivity index (χ1) is 11.8. The summed E-state index contributed by atoms with van der Waals surface area (Å²) in [6.07, 6.45) is 0. The zero-order chi connectivity index (χ0) is 18.2. The molecule has 7 heteroatoms. The molecular formula is C18H20N2O3S2. The Balaban J connectivity index is 1.95. The number of rotatable bonds is 3. The first-order valence-corrected chi connectivity index (χ1v) is 10.4. The van der Waals surface area contributed by atoms with Gasteiger partial charge in [-0.3, -0.25) is 9.52 Å². The molecule has 0 saturated heterocycles. The lowest BCUT2D eigenvalue weighted by Crippen LogP contribution is -2.20. The maximum atomic E-state index is 12.8. The van der Waals surface area contributed by atoms with Crippen molar-refractivity contribution in [2.45, 2.75) is 30.6 Å². The summed E-state index contributed by atoms with van der Waals surface area (Å²) < 4.78 is 28.1. The quantitative estimate of drug-likeness (QED) is 0.855. The molecule has 0 spiro atoms. The molecule has 0 saturated carbocycles. The molecule has 1 amide bonds. The number of carbonyl (C=O) groups is 1. The Bertz CT molecular complexity index is 939. The number of aryl methyl sites for hydroxylation is 1. The van der Waals surface area contributed by atoms with Crippen LogP contribution in [-0.4, -0.2) is 20.1 Å². The van der Waals surface area contributed by atoms with Gasteiger partial charge in [0, 0.05) is 16.6 Å². The number of nitrogens with one attached hydrogen (secondary N) is 2. The Morgan fingerprint density at radius 2 is 1.96 bits per heavy atom. The van der Waals surface area contributed by atoms with E-state index in [2.05, 4.69) is 10.0 Å². The summed E-state index contributed by atoms with van der Waals surface area (Å²) in [6.45, 7) is 5.67. The van der Waals surface area contributed by atoms with Crippen LogP contribution in [0.3, 0.4) is 0 Å². The lowest BCUT2D eigenvalue weighted by Gasteiger charge is -2.14. The lowest BCUT2D eigenvalue weighted by molar-refractivity contribution is -0.118. The van der Waals surface area contributed by atoms with E-state index in [0.29, 0.717) is 17.1 Å². The highest BCUT2D eigenvalue weighted by molar-refractivity contribution is 7.99. The second kappa shape index (κ2) is 6.72. The van der Waals surface area contributed by atoms with Gasteiger partial charge in [-0.15, -0.1) is 11.8 Å². The van der Waals surface area contributed by atoms with Gasteiger partial charge in [0.25, 0.3) is 10.0 Å². The van der Waals surface area contributed by atoms with Crippen LogP contribution < -0.4 is 10.0 Å². The number of sulfonamides is 1. The summed E-state index contributed by atoms with van der Waals surface area (Å²) in [6, 6.07) is 10.3. The molecule has 3 rings (SSSR count). The van der Waals surface area contributed by atoms with Crippen LogP contribution in [0.1, 0.15) is 18.1 Å². The molecule has 2 aromatic carbocycles. The molecule has 132 valence electrons. The van der Waals surface area contributed by atoms with E-state index >= 15 is 0 Å². The summed E-state index contributed by atoms with van der Waals surface area (Å²) in [5, 5.41) is 2.82. The second-order valence-corrected chi connectivity index (χ2v) is 8.96. The predicted octanol–water partition coefficient (Wildman–Crippen LogP) is 3.78. The molecule has 1 atom stereocenters. The standard InChI is InChI=1S/C18H20N2O3S2/c1-11-5-4-6-15(13(11)3)20-25(22,23)14-7-8-17-16(9-14)19-18(21)12(2)10-24-17/h4-9,12,20H,10H2,1-3H3,(H,19,21)/t12-/m0/s1. The Morgan fingerprint density at radius 3 is 2.72 bits per heavy atom. The van der Waals surface area contributed by atoms with Crippen molar-refractivity contribution in [2.75, 3.05) is 15.8 Å². The molecule has 0 radical (unpaired) electrons. The van der Waals surface area contributed by atoms with Gasteiger partial charge >= 0.3 is 0 Å². The minimum Gasteiger partial charge on any atom is -0.325 e. The van der Waals surface area contributed by atoms with Gasteiger partial charge in [-0.1, -0.05) is 19.1 Å². The zero-order valence-corrected chi connectivity index (χ0v) is 15.9. The van der Waals surface area contributed by atoms with Crippen molar-refractivity contribution in [1.29, 1.82) is 0 Å². The third-order valence-electron chi connectivity index (χ3n) is 4.30. The van der Waals surface area contributed by atoms with E-state index in [1.807, 2.05) is 32.9 Å². The van der Waals surface area contributed by atoms with Crippen molar-refractivity contribution in [2.24, 2.45) is 5.92 Å². The number of anilines is 2. The van der Waals surface area contributed by atoms with Crippen molar-refractivity contribution in [1.82, 2.24) is 0 Å². The molecule has 1 aliphatic rings.